The molecule has 0 spiro atoms. The molecule has 3 aromatic rings. The summed E-state index contributed by atoms with van der Waals surface area (Å²) < 4.78 is 82.2. The molecule has 2 heterocycles. The van der Waals surface area contributed by atoms with E-state index in [1.54, 1.807) is 0 Å². The Kier molecular flexibility index (Phi) is 11.1. The zero-order valence-corrected chi connectivity index (χ0v) is 28.2. The normalized spacial score (nSPS) is 17.4. The average Bonchev–Trinajstić information content (AvgIpc) is 3.72. The fourth-order valence-electron chi connectivity index (χ4n) is 4.86. The van der Waals surface area contributed by atoms with Crippen LogP contribution in [0.3, 0.4) is 0 Å². The fraction of sp³-hybridized carbons (Fsp3) is 0.400. The number of aromatic nitrogens is 1. The number of halogens is 4. The second-order valence-corrected chi connectivity index (χ2v) is 14.5. The quantitative estimate of drug-likeness (QED) is 0.117. The van der Waals surface area contributed by atoms with Gasteiger partial charge in [0, 0.05) is 30.3 Å². The van der Waals surface area contributed by atoms with Gasteiger partial charge in [0.25, 0.3) is 0 Å². The van der Waals surface area contributed by atoms with E-state index in [1.165, 1.54) is 50.6 Å². The number of rotatable bonds is 14. The molecule has 2 fully saturated rings. The van der Waals surface area contributed by atoms with Crippen LogP contribution in [0.25, 0.3) is 0 Å². The number of hydrogen-bond acceptors (Lipinski definition) is 10. The van der Waals surface area contributed by atoms with E-state index in [0.717, 1.165) is 41.3 Å². The maximum absolute atomic E-state index is 13.8. The van der Waals surface area contributed by atoms with Gasteiger partial charge in [-0.3, -0.25) is 0 Å². The van der Waals surface area contributed by atoms with Gasteiger partial charge in [0.15, 0.2) is 40.8 Å². The van der Waals surface area contributed by atoms with Crippen LogP contribution in [0.2, 0.25) is 10.0 Å². The number of nitrogens with zero attached hydrogens (tertiary/aromatic N) is 2. The minimum Gasteiger partial charge on any atom is -0.619 e. The van der Waals surface area contributed by atoms with E-state index in [1.807, 2.05) is 0 Å². The van der Waals surface area contributed by atoms with Gasteiger partial charge < -0.3 is 28.9 Å². The van der Waals surface area contributed by atoms with Crippen molar-refractivity contribution >= 4 is 51.0 Å². The molecule has 17 heteroatoms. The van der Waals surface area contributed by atoms with Crippen molar-refractivity contribution in [3.05, 3.63) is 75.2 Å². The molecule has 5 rings (SSSR count). The molecular weight excluding hydrogens is 705 g/mol. The Labute approximate surface area is 284 Å². The van der Waals surface area contributed by atoms with Crippen molar-refractivity contribution in [2.45, 2.75) is 42.2 Å². The van der Waals surface area contributed by atoms with Gasteiger partial charge in [0.1, 0.15) is 16.1 Å². The number of hydrogen-bond donors (Lipinski definition) is 0. The van der Waals surface area contributed by atoms with Gasteiger partial charge in [-0.15, -0.1) is 11.8 Å². The molecule has 2 aromatic carbocycles. The molecule has 1 saturated carbocycles. The summed E-state index contributed by atoms with van der Waals surface area (Å²) in [5.74, 6) is 0.00185. The molecule has 1 aliphatic carbocycles. The summed E-state index contributed by atoms with van der Waals surface area (Å²) in [6.45, 7) is -2.82. The third kappa shape index (κ3) is 8.26. The maximum Gasteiger partial charge on any atom is 0.387 e. The molecule has 47 heavy (non-hydrogen) atoms. The van der Waals surface area contributed by atoms with Gasteiger partial charge in [-0.2, -0.15) is 17.8 Å². The smallest absolute Gasteiger partial charge is 0.387 e. The highest BCUT2D eigenvalue weighted by Crippen LogP contribution is 2.40. The van der Waals surface area contributed by atoms with E-state index in [0.29, 0.717) is 21.8 Å². The lowest BCUT2D eigenvalue weighted by Gasteiger charge is -2.26. The van der Waals surface area contributed by atoms with Crippen molar-refractivity contribution in [2.24, 2.45) is 5.92 Å². The Hall–Kier alpha value is -3.24. The topological polar surface area (TPSA) is 128 Å². The number of esters is 1. The van der Waals surface area contributed by atoms with Gasteiger partial charge in [0.2, 0.25) is 10.0 Å². The highest BCUT2D eigenvalue weighted by molar-refractivity contribution is 8.02. The Bertz CT molecular complexity index is 1710. The van der Waals surface area contributed by atoms with Crippen molar-refractivity contribution in [1.29, 1.82) is 0 Å². The predicted octanol–water partition coefficient (Wildman–Crippen LogP) is 5.63. The van der Waals surface area contributed by atoms with Crippen LogP contribution >= 0.6 is 35.0 Å². The van der Waals surface area contributed by atoms with Crippen molar-refractivity contribution in [3.63, 3.8) is 0 Å². The van der Waals surface area contributed by atoms with E-state index in [2.05, 4.69) is 4.74 Å². The predicted molar refractivity (Wildman–Crippen MR) is 169 cm³/mol. The number of alkyl halides is 2. The zero-order chi connectivity index (χ0) is 33.9. The third-order valence-electron chi connectivity index (χ3n) is 7.44. The van der Waals surface area contributed by atoms with Gasteiger partial charge in [-0.25, -0.2) is 13.2 Å². The lowest BCUT2D eigenvalue weighted by atomic mass is 10.0. The van der Waals surface area contributed by atoms with Crippen LogP contribution in [0.5, 0.6) is 23.0 Å². The number of methoxy groups -OCH3 is 2. The molecule has 254 valence electrons. The van der Waals surface area contributed by atoms with Gasteiger partial charge in [-0.1, -0.05) is 29.3 Å². The van der Waals surface area contributed by atoms with Crippen molar-refractivity contribution < 1.29 is 50.4 Å². The Morgan fingerprint density at radius 1 is 1.04 bits per heavy atom. The highest BCUT2D eigenvalue weighted by atomic mass is 35.5. The lowest BCUT2D eigenvalue weighted by molar-refractivity contribution is -0.605. The minimum absolute atomic E-state index is 0.00584. The van der Waals surface area contributed by atoms with Crippen molar-refractivity contribution in [3.8, 4) is 23.0 Å². The summed E-state index contributed by atoms with van der Waals surface area (Å²) in [6, 6.07) is 8.19. The molecular formula is C30H30Cl2F2N2O9S2. The van der Waals surface area contributed by atoms with Crippen molar-refractivity contribution in [1.82, 2.24) is 4.31 Å². The van der Waals surface area contributed by atoms with Gasteiger partial charge >= 0.3 is 12.6 Å². The number of carbonyl (C=O) groups excluding carboxylic acids is 1. The summed E-state index contributed by atoms with van der Waals surface area (Å²) in [6.07, 6.45) is 2.72. The maximum atomic E-state index is 13.8. The number of pyridine rings is 1. The van der Waals surface area contributed by atoms with E-state index in [9.17, 15) is 27.2 Å². The zero-order valence-electron chi connectivity index (χ0n) is 25.1. The minimum atomic E-state index is -4.21. The first-order chi connectivity index (χ1) is 22.4. The second-order valence-electron chi connectivity index (χ2n) is 10.6. The van der Waals surface area contributed by atoms with Crippen LogP contribution in [0.15, 0.2) is 53.7 Å². The number of sulfonamides is 1. The first kappa shape index (κ1) is 35.1. The summed E-state index contributed by atoms with van der Waals surface area (Å²) in [4.78, 5) is 13.7. The first-order valence-corrected chi connectivity index (χ1v) is 17.5. The number of benzene rings is 2. The van der Waals surface area contributed by atoms with Crippen molar-refractivity contribution in [2.75, 3.05) is 33.1 Å². The monoisotopic (exact) mass is 734 g/mol. The van der Waals surface area contributed by atoms with Crippen LogP contribution < -0.4 is 23.7 Å². The molecule has 2 aliphatic rings. The molecule has 1 unspecified atom stereocenters. The number of carbonyl (C=O) groups is 1. The Balaban J connectivity index is 1.47. The lowest BCUT2D eigenvalue weighted by Crippen LogP contribution is -2.40. The number of ether oxygens (including phenoxy) is 5. The summed E-state index contributed by atoms with van der Waals surface area (Å²) in [5, 5.41) is 10.6. The summed E-state index contributed by atoms with van der Waals surface area (Å²) >= 11 is 13.8. The van der Waals surface area contributed by atoms with Crippen LogP contribution in [0, 0.1) is 11.1 Å². The van der Waals surface area contributed by atoms with Gasteiger partial charge in [-0.05, 0) is 48.6 Å². The standard InChI is InChI=1S/C30H30Cl2F2N2O9S2/c1-41-23-8-6-19(12-26(23)42-2)47(39,40)36-9-10-46-28(36)29(37)44-25(13-20-21(31)14-35(38)15-22(20)32)18-5-7-24(45-30(33)34)27(11-18)43-16-17-3-4-17/h5-8,11-12,14-15,17,25,28,30H,3-4,9-10,13,16H2,1-2H3/t25-,28?/m0/s1. The Morgan fingerprint density at radius 3 is 2.36 bits per heavy atom. The van der Waals surface area contributed by atoms with E-state index in [4.69, 9.17) is 42.1 Å². The average molecular weight is 736 g/mol. The SMILES string of the molecule is COc1ccc(S(=O)(=O)N2CCSC2C(=O)O[C@@H](Cc2c(Cl)c[n+]([O-])cc2Cl)c2ccc(OC(F)F)c(OCC3CC3)c2)cc1OC. The Morgan fingerprint density at radius 2 is 1.72 bits per heavy atom. The molecule has 11 nitrogen and oxygen atoms in total. The first-order valence-electron chi connectivity index (χ1n) is 14.3. The largest absolute Gasteiger partial charge is 0.619 e. The molecule has 1 aromatic heterocycles. The number of thioether (sulfide) groups is 1. The third-order valence-corrected chi connectivity index (χ3v) is 11.3. The van der Waals surface area contributed by atoms with Gasteiger partial charge in [0.05, 0.1) is 25.7 Å². The molecule has 1 aliphatic heterocycles. The van der Waals surface area contributed by atoms with E-state index in [-0.39, 0.29) is 63.2 Å². The molecule has 0 N–H and O–H groups in total. The summed E-state index contributed by atoms with van der Waals surface area (Å²) in [5.41, 5.74) is 0.564. The highest BCUT2D eigenvalue weighted by Gasteiger charge is 2.42. The molecule has 2 atom stereocenters. The second kappa shape index (κ2) is 14.9. The molecule has 0 radical (unpaired) electrons. The van der Waals surface area contributed by atoms with E-state index < -0.39 is 34.1 Å². The van der Waals surface area contributed by atoms with Crippen LogP contribution in [0.1, 0.15) is 30.1 Å². The van der Waals surface area contributed by atoms with Crippen LogP contribution in [0.4, 0.5) is 8.78 Å². The summed E-state index contributed by atoms with van der Waals surface area (Å²) in [7, 11) is -1.42. The van der Waals surface area contributed by atoms with Crippen LogP contribution in [-0.4, -0.2) is 63.8 Å². The molecule has 0 amide bonds. The molecule has 1 saturated heterocycles. The van der Waals surface area contributed by atoms with E-state index >= 15 is 0 Å². The fourth-order valence-corrected chi connectivity index (χ4v) is 8.52. The van der Waals surface area contributed by atoms with Crippen LogP contribution in [-0.2, 0) is 26.0 Å². The molecule has 0 bridgehead atoms.